The SMILES string of the molecule is CCn1c(C2CCN(C(=O)c3ccc([N+](=O)[O-])o3)CC2)nn(CCOC)c1=O. The number of ether oxygens (including phenoxy) is 1. The second kappa shape index (κ2) is 8.38. The summed E-state index contributed by atoms with van der Waals surface area (Å²) < 4.78 is 13.1. The number of aromatic nitrogens is 3. The van der Waals surface area contributed by atoms with Gasteiger partial charge in [0.15, 0.2) is 5.76 Å². The number of rotatable bonds is 7. The van der Waals surface area contributed by atoms with Crippen LogP contribution in [0.3, 0.4) is 0 Å². The van der Waals surface area contributed by atoms with E-state index in [0.29, 0.717) is 45.6 Å². The second-order valence-corrected chi connectivity index (χ2v) is 6.56. The molecule has 0 unspecified atom stereocenters. The molecule has 1 aliphatic rings. The molecule has 0 radical (unpaired) electrons. The van der Waals surface area contributed by atoms with Crippen molar-refractivity contribution in [3.8, 4) is 0 Å². The van der Waals surface area contributed by atoms with Crippen LogP contribution in [0.25, 0.3) is 0 Å². The Bertz CT molecular complexity index is 906. The minimum Gasteiger partial charge on any atom is -0.395 e. The fourth-order valence-electron chi connectivity index (χ4n) is 3.42. The van der Waals surface area contributed by atoms with Gasteiger partial charge < -0.3 is 14.1 Å². The van der Waals surface area contributed by atoms with E-state index in [0.717, 1.165) is 5.82 Å². The van der Waals surface area contributed by atoms with Crippen LogP contribution in [0.5, 0.6) is 0 Å². The van der Waals surface area contributed by atoms with Crippen LogP contribution in [-0.4, -0.2) is 56.9 Å². The summed E-state index contributed by atoms with van der Waals surface area (Å²) in [5, 5.41) is 15.2. The van der Waals surface area contributed by atoms with Crippen molar-refractivity contribution in [2.45, 2.75) is 38.8 Å². The van der Waals surface area contributed by atoms with Gasteiger partial charge in [-0.1, -0.05) is 0 Å². The van der Waals surface area contributed by atoms with E-state index < -0.39 is 10.8 Å². The molecule has 3 heterocycles. The maximum atomic E-state index is 12.5. The number of likely N-dealkylation sites (tertiary alicyclic amines) is 1. The predicted molar refractivity (Wildman–Crippen MR) is 97.3 cm³/mol. The van der Waals surface area contributed by atoms with Crippen molar-refractivity contribution in [1.82, 2.24) is 19.2 Å². The molecule has 28 heavy (non-hydrogen) atoms. The number of furan rings is 1. The van der Waals surface area contributed by atoms with Crippen LogP contribution in [0.4, 0.5) is 5.88 Å². The molecule has 0 spiro atoms. The minimum atomic E-state index is -0.674. The molecule has 1 fully saturated rings. The fraction of sp³-hybridized carbons (Fsp3) is 0.588. The Labute approximate surface area is 160 Å². The van der Waals surface area contributed by atoms with Gasteiger partial charge in [0.05, 0.1) is 19.2 Å². The van der Waals surface area contributed by atoms with Crippen LogP contribution in [0.15, 0.2) is 21.3 Å². The molecule has 11 nitrogen and oxygen atoms in total. The van der Waals surface area contributed by atoms with Gasteiger partial charge in [-0.3, -0.25) is 19.5 Å². The minimum absolute atomic E-state index is 0.0422. The average Bonchev–Trinajstić information content (AvgIpc) is 3.31. The van der Waals surface area contributed by atoms with Crippen molar-refractivity contribution in [1.29, 1.82) is 0 Å². The summed E-state index contributed by atoms with van der Waals surface area (Å²) in [7, 11) is 1.57. The molecule has 0 saturated carbocycles. The van der Waals surface area contributed by atoms with E-state index in [4.69, 9.17) is 9.15 Å². The Morgan fingerprint density at radius 3 is 2.68 bits per heavy atom. The molecule has 0 atom stereocenters. The summed E-state index contributed by atoms with van der Waals surface area (Å²) in [6.07, 6.45) is 1.30. The average molecular weight is 393 g/mol. The first-order valence-corrected chi connectivity index (χ1v) is 9.16. The molecular weight excluding hydrogens is 370 g/mol. The maximum absolute atomic E-state index is 12.5. The van der Waals surface area contributed by atoms with E-state index >= 15 is 0 Å². The first-order chi connectivity index (χ1) is 13.5. The molecule has 0 aromatic carbocycles. The van der Waals surface area contributed by atoms with E-state index in [9.17, 15) is 19.7 Å². The summed E-state index contributed by atoms with van der Waals surface area (Å²) in [5.41, 5.74) is -0.157. The zero-order valence-electron chi connectivity index (χ0n) is 15.9. The smallest absolute Gasteiger partial charge is 0.395 e. The van der Waals surface area contributed by atoms with Crippen LogP contribution in [0.2, 0.25) is 0 Å². The number of carbonyl (C=O) groups excluding carboxylic acids is 1. The third-order valence-corrected chi connectivity index (χ3v) is 4.90. The summed E-state index contributed by atoms with van der Waals surface area (Å²) in [4.78, 5) is 36.6. The quantitative estimate of drug-likeness (QED) is 0.511. The summed E-state index contributed by atoms with van der Waals surface area (Å²) in [5.74, 6) is -0.0768. The lowest BCUT2D eigenvalue weighted by molar-refractivity contribution is -0.402. The Morgan fingerprint density at radius 1 is 1.39 bits per heavy atom. The molecule has 1 amide bonds. The number of piperidine rings is 1. The predicted octanol–water partition coefficient (Wildman–Crippen LogP) is 1.23. The highest BCUT2D eigenvalue weighted by atomic mass is 16.6. The van der Waals surface area contributed by atoms with E-state index in [2.05, 4.69) is 5.10 Å². The van der Waals surface area contributed by atoms with Gasteiger partial charge in [-0.25, -0.2) is 9.48 Å². The van der Waals surface area contributed by atoms with Gasteiger partial charge in [-0.05, 0) is 25.8 Å². The Morgan fingerprint density at radius 2 is 2.11 bits per heavy atom. The standard InChI is InChI=1S/C17H23N5O6/c1-3-20-15(18-21(17(20)24)10-11-27-2)12-6-8-19(9-7-12)16(23)13-4-5-14(28-13)22(25)26/h4-5,12H,3,6-11H2,1-2H3. The fourth-order valence-corrected chi connectivity index (χ4v) is 3.42. The number of hydrogen-bond acceptors (Lipinski definition) is 7. The van der Waals surface area contributed by atoms with Gasteiger partial charge >= 0.3 is 11.6 Å². The van der Waals surface area contributed by atoms with Crippen LogP contribution in [0.1, 0.15) is 42.1 Å². The summed E-state index contributed by atoms with van der Waals surface area (Å²) in [6, 6.07) is 2.49. The third kappa shape index (κ3) is 3.84. The van der Waals surface area contributed by atoms with Crippen molar-refractivity contribution in [2.75, 3.05) is 26.8 Å². The highest BCUT2D eigenvalue weighted by Crippen LogP contribution is 2.27. The molecule has 1 saturated heterocycles. The molecule has 0 N–H and O–H groups in total. The van der Waals surface area contributed by atoms with Crippen molar-refractivity contribution >= 4 is 11.8 Å². The van der Waals surface area contributed by atoms with E-state index in [1.54, 1.807) is 16.6 Å². The number of methoxy groups -OCH3 is 1. The Hall–Kier alpha value is -2.95. The van der Waals surface area contributed by atoms with Gasteiger partial charge in [0.25, 0.3) is 5.91 Å². The van der Waals surface area contributed by atoms with Crippen LogP contribution >= 0.6 is 0 Å². The maximum Gasteiger partial charge on any atom is 0.433 e. The first-order valence-electron chi connectivity index (χ1n) is 9.16. The van der Waals surface area contributed by atoms with Crippen LogP contribution < -0.4 is 5.69 Å². The number of nitro groups is 1. The second-order valence-electron chi connectivity index (χ2n) is 6.56. The first kappa shape index (κ1) is 19.8. The lowest BCUT2D eigenvalue weighted by Crippen LogP contribution is -2.38. The van der Waals surface area contributed by atoms with E-state index in [1.165, 1.54) is 16.8 Å². The lowest BCUT2D eigenvalue weighted by atomic mass is 9.95. The molecule has 11 heteroatoms. The van der Waals surface area contributed by atoms with Crippen LogP contribution in [-0.2, 0) is 17.8 Å². The molecule has 0 bridgehead atoms. The highest BCUT2D eigenvalue weighted by molar-refractivity contribution is 5.91. The van der Waals surface area contributed by atoms with E-state index in [1.807, 2.05) is 6.92 Å². The number of amides is 1. The molecular formula is C17H23N5O6. The molecule has 3 rings (SSSR count). The molecule has 1 aliphatic heterocycles. The topological polar surface area (TPSA) is 126 Å². The Balaban J connectivity index is 1.68. The van der Waals surface area contributed by atoms with Crippen LogP contribution in [0, 0.1) is 10.1 Å². The number of nitrogens with zero attached hydrogens (tertiary/aromatic N) is 5. The molecule has 2 aromatic rings. The van der Waals surface area contributed by atoms with Gasteiger partial charge in [-0.2, -0.15) is 5.10 Å². The van der Waals surface area contributed by atoms with Crippen molar-refractivity contribution in [3.63, 3.8) is 0 Å². The number of carbonyl (C=O) groups is 1. The van der Waals surface area contributed by atoms with Gasteiger partial charge in [0.1, 0.15) is 10.7 Å². The monoisotopic (exact) mass is 393 g/mol. The number of hydrogen-bond donors (Lipinski definition) is 0. The van der Waals surface area contributed by atoms with Crippen molar-refractivity contribution in [3.05, 3.63) is 44.3 Å². The van der Waals surface area contributed by atoms with E-state index in [-0.39, 0.29) is 23.3 Å². The normalized spacial score (nSPS) is 15.1. The Kier molecular flexibility index (Phi) is 5.93. The molecule has 0 aliphatic carbocycles. The van der Waals surface area contributed by atoms with Gasteiger partial charge in [-0.15, -0.1) is 0 Å². The van der Waals surface area contributed by atoms with Crippen molar-refractivity contribution < 1.29 is 18.9 Å². The molecule has 152 valence electrons. The summed E-state index contributed by atoms with van der Waals surface area (Å²) >= 11 is 0. The third-order valence-electron chi connectivity index (χ3n) is 4.90. The summed E-state index contributed by atoms with van der Waals surface area (Å²) in [6.45, 7) is 4.14. The van der Waals surface area contributed by atoms with Gasteiger partial charge in [0, 0.05) is 32.7 Å². The lowest BCUT2D eigenvalue weighted by Gasteiger charge is -2.30. The highest BCUT2D eigenvalue weighted by Gasteiger charge is 2.30. The largest absolute Gasteiger partial charge is 0.433 e. The van der Waals surface area contributed by atoms with Crippen molar-refractivity contribution in [2.24, 2.45) is 0 Å². The molecule has 2 aromatic heterocycles. The van der Waals surface area contributed by atoms with Gasteiger partial charge in [0.2, 0.25) is 0 Å². The zero-order chi connectivity index (χ0) is 20.3. The zero-order valence-corrected chi connectivity index (χ0v) is 15.9.